The van der Waals surface area contributed by atoms with Crippen LogP contribution in [-0.2, 0) is 18.1 Å². The number of nitrogens with one attached hydrogen (secondary N) is 1. The zero-order valence-electron chi connectivity index (χ0n) is 13.0. The fraction of sp³-hybridized carbons (Fsp3) is 1.00. The molecule has 1 saturated carbocycles. The van der Waals surface area contributed by atoms with E-state index in [1.54, 1.807) is 0 Å². The Morgan fingerprint density at radius 3 is 1.50 bits per heavy atom. The number of rotatable bonds is 2. The Morgan fingerprint density at radius 1 is 0.700 bits per heavy atom. The summed E-state index contributed by atoms with van der Waals surface area (Å²) in [6.45, 7) is 8.09. The summed E-state index contributed by atoms with van der Waals surface area (Å²) < 4.78 is 24.8. The van der Waals surface area contributed by atoms with Crippen LogP contribution in [0.4, 0.5) is 0 Å². The zero-order valence-corrected chi connectivity index (χ0v) is 13.9. The minimum atomic E-state index is -3.60. The Bertz CT molecular complexity index is 323. The van der Waals surface area contributed by atoms with Crippen LogP contribution >= 0.6 is 7.66 Å². The second-order valence-corrected chi connectivity index (χ2v) is 9.24. The molecule has 1 N–H and O–H groups in total. The van der Waals surface area contributed by atoms with Crippen LogP contribution in [0.1, 0.15) is 59.8 Å². The molecule has 0 unspecified atom stereocenters. The summed E-state index contributed by atoms with van der Waals surface area (Å²) in [5, 5.41) is 3.57. The van der Waals surface area contributed by atoms with Gasteiger partial charge in [0.25, 0.3) is 0 Å². The van der Waals surface area contributed by atoms with Gasteiger partial charge in [-0.3, -0.25) is 0 Å². The second kappa shape index (κ2) is 5.15. The molecular weight excluding hydrogens is 277 g/mol. The molecule has 6 heteroatoms. The molecular formula is C14H28NO4P. The van der Waals surface area contributed by atoms with Crippen molar-refractivity contribution in [1.82, 2.24) is 5.09 Å². The first kappa shape index (κ1) is 15.1. The van der Waals surface area contributed by atoms with Crippen LogP contribution < -0.4 is 5.09 Å². The summed E-state index contributed by atoms with van der Waals surface area (Å²) in [7, 11) is -3.60. The van der Waals surface area contributed by atoms with Gasteiger partial charge in [0.05, 0.1) is 0 Å². The molecule has 0 amide bonds. The van der Waals surface area contributed by atoms with Gasteiger partial charge in [-0.2, -0.15) is 0 Å². The fourth-order valence-electron chi connectivity index (χ4n) is 3.29. The zero-order chi connectivity index (χ0) is 14.4. The maximum absolute atomic E-state index is 6.21. The van der Waals surface area contributed by atoms with Gasteiger partial charge in [-0.25, -0.2) is 0 Å². The van der Waals surface area contributed by atoms with Crippen molar-refractivity contribution in [2.24, 2.45) is 0 Å². The van der Waals surface area contributed by atoms with Gasteiger partial charge < -0.3 is 0 Å². The van der Waals surface area contributed by atoms with Crippen LogP contribution in [-0.4, -0.2) is 30.5 Å². The van der Waals surface area contributed by atoms with Crippen molar-refractivity contribution in [2.75, 3.05) is 0 Å². The van der Waals surface area contributed by atoms with E-state index in [0.29, 0.717) is 6.04 Å². The molecule has 2 aliphatic heterocycles. The van der Waals surface area contributed by atoms with Crippen LogP contribution in [0.2, 0.25) is 0 Å². The summed E-state index contributed by atoms with van der Waals surface area (Å²) in [5.74, 6) is 0. The van der Waals surface area contributed by atoms with Crippen molar-refractivity contribution in [3.8, 4) is 0 Å². The monoisotopic (exact) mass is 305 g/mol. The molecule has 4 atom stereocenters. The summed E-state index contributed by atoms with van der Waals surface area (Å²) in [5.41, 5.74) is 0. The molecule has 118 valence electrons. The predicted molar refractivity (Wildman–Crippen MR) is 79.1 cm³/mol. The van der Waals surface area contributed by atoms with Crippen LogP contribution in [0.25, 0.3) is 0 Å². The maximum atomic E-state index is 6.21. The summed E-state index contributed by atoms with van der Waals surface area (Å²) >= 11 is 0. The third-order valence-electron chi connectivity index (χ3n) is 4.71. The third kappa shape index (κ3) is 2.53. The first-order valence-electron chi connectivity index (χ1n) is 7.98. The van der Waals surface area contributed by atoms with E-state index in [4.69, 9.17) is 18.1 Å². The van der Waals surface area contributed by atoms with E-state index in [0.717, 1.165) is 12.8 Å². The molecule has 20 heavy (non-hydrogen) atoms. The second-order valence-electron chi connectivity index (χ2n) is 6.52. The van der Waals surface area contributed by atoms with Crippen molar-refractivity contribution in [3.63, 3.8) is 0 Å². The molecule has 0 aromatic carbocycles. The van der Waals surface area contributed by atoms with Gasteiger partial charge in [0.15, 0.2) is 0 Å². The van der Waals surface area contributed by atoms with Gasteiger partial charge in [0.1, 0.15) is 0 Å². The van der Waals surface area contributed by atoms with E-state index in [-0.39, 0.29) is 24.4 Å². The molecule has 0 aromatic rings. The predicted octanol–water partition coefficient (Wildman–Crippen LogP) is 3.68. The summed E-state index contributed by atoms with van der Waals surface area (Å²) in [4.78, 5) is 0. The van der Waals surface area contributed by atoms with Gasteiger partial charge in [0, 0.05) is 0 Å². The van der Waals surface area contributed by atoms with E-state index >= 15 is 0 Å². The molecule has 2 heterocycles. The number of hydrogen-bond donors (Lipinski definition) is 1. The third-order valence-corrected chi connectivity index (χ3v) is 8.28. The molecule has 3 rings (SSSR count). The minimum absolute atomic E-state index is 0.0127. The van der Waals surface area contributed by atoms with Crippen molar-refractivity contribution in [1.29, 1.82) is 0 Å². The summed E-state index contributed by atoms with van der Waals surface area (Å²) in [6, 6.07) is 0.372. The molecule has 1 aliphatic carbocycles. The van der Waals surface area contributed by atoms with Crippen LogP contribution in [0.3, 0.4) is 0 Å². The quantitative estimate of drug-likeness (QED) is 0.789. The van der Waals surface area contributed by atoms with E-state index < -0.39 is 7.66 Å². The molecule has 0 bridgehead atoms. The van der Waals surface area contributed by atoms with Gasteiger partial charge in [-0.05, 0) is 0 Å². The van der Waals surface area contributed by atoms with Crippen molar-refractivity contribution in [3.05, 3.63) is 0 Å². The molecule has 0 aromatic heterocycles. The van der Waals surface area contributed by atoms with Gasteiger partial charge >= 0.3 is 121 Å². The van der Waals surface area contributed by atoms with Crippen molar-refractivity contribution < 1.29 is 18.1 Å². The van der Waals surface area contributed by atoms with Gasteiger partial charge in [0.2, 0.25) is 0 Å². The normalized spacial score (nSPS) is 46.3. The average Bonchev–Trinajstić information content (AvgIpc) is 2.75. The van der Waals surface area contributed by atoms with Crippen molar-refractivity contribution in [2.45, 2.75) is 90.3 Å². The molecule has 1 spiro atoms. The van der Waals surface area contributed by atoms with Crippen LogP contribution in [0.5, 0.6) is 0 Å². The molecule has 2 saturated heterocycles. The first-order valence-corrected chi connectivity index (χ1v) is 9.89. The Morgan fingerprint density at radius 2 is 1.10 bits per heavy atom. The van der Waals surface area contributed by atoms with E-state index in [1.807, 2.05) is 27.7 Å². The van der Waals surface area contributed by atoms with Gasteiger partial charge in [-0.15, -0.1) is 0 Å². The number of hydrogen-bond acceptors (Lipinski definition) is 5. The van der Waals surface area contributed by atoms with Crippen LogP contribution in [0, 0.1) is 0 Å². The molecule has 3 fully saturated rings. The topological polar surface area (TPSA) is 49.0 Å². The van der Waals surface area contributed by atoms with E-state index in [2.05, 4.69) is 5.09 Å². The molecule has 0 radical (unpaired) electrons. The SMILES string of the molecule is C[C@@H]1OP2(NC3CCCCC3)(O[C@H]1C)O[C@@H](C)[C@@H](C)O2. The van der Waals surface area contributed by atoms with Crippen molar-refractivity contribution >= 4 is 7.66 Å². The Kier molecular flexibility index (Phi) is 3.90. The fourth-order valence-corrected chi connectivity index (χ4v) is 7.67. The Labute approximate surface area is 122 Å². The molecule has 5 nitrogen and oxygen atoms in total. The summed E-state index contributed by atoms with van der Waals surface area (Å²) in [6.07, 6.45) is 6.05. The van der Waals surface area contributed by atoms with E-state index in [9.17, 15) is 0 Å². The standard InChI is InChI=1S/C14H28NO4P/c1-10-11(2)17-20(16-10,18-12(3)13(4)19-20)15-14-8-6-5-7-9-14/h10-15H,5-9H2,1-4H3/t10-,11-,12-,13+/m0/s1. The Hall–Kier alpha value is 0.230. The Balaban J connectivity index is 1.85. The van der Waals surface area contributed by atoms with E-state index in [1.165, 1.54) is 19.3 Å². The molecule has 3 aliphatic rings. The first-order chi connectivity index (χ1) is 9.41. The average molecular weight is 305 g/mol. The van der Waals surface area contributed by atoms with Gasteiger partial charge in [-0.1, -0.05) is 0 Å². The van der Waals surface area contributed by atoms with Crippen LogP contribution in [0.15, 0.2) is 0 Å².